The van der Waals surface area contributed by atoms with Gasteiger partial charge in [0.2, 0.25) is 11.8 Å². The summed E-state index contributed by atoms with van der Waals surface area (Å²) in [5.41, 5.74) is -0.0158. The van der Waals surface area contributed by atoms with E-state index in [-0.39, 0.29) is 38.1 Å². The summed E-state index contributed by atoms with van der Waals surface area (Å²) in [7, 11) is 1.47. The van der Waals surface area contributed by atoms with E-state index in [1.54, 1.807) is 16.7 Å². The van der Waals surface area contributed by atoms with Crippen molar-refractivity contribution in [3.8, 4) is 5.75 Å². The molecule has 0 bridgehead atoms. The second-order valence-electron chi connectivity index (χ2n) is 9.95. The van der Waals surface area contributed by atoms with Crippen LogP contribution in [0.5, 0.6) is 5.75 Å². The van der Waals surface area contributed by atoms with Crippen molar-refractivity contribution in [2.45, 2.75) is 44.8 Å². The predicted molar refractivity (Wildman–Crippen MR) is 128 cm³/mol. The van der Waals surface area contributed by atoms with Gasteiger partial charge in [0.25, 0.3) is 0 Å². The van der Waals surface area contributed by atoms with E-state index in [1.165, 1.54) is 7.11 Å². The molecule has 2 fully saturated rings. The van der Waals surface area contributed by atoms with Crippen LogP contribution in [0.3, 0.4) is 0 Å². The molecule has 9 nitrogen and oxygen atoms in total. The number of carbonyl (C=O) groups excluding carboxylic acids is 2. The summed E-state index contributed by atoms with van der Waals surface area (Å²) < 4.78 is 11.0. The third kappa shape index (κ3) is 6.91. The van der Waals surface area contributed by atoms with E-state index >= 15 is 0 Å². The van der Waals surface area contributed by atoms with Gasteiger partial charge in [0, 0.05) is 53.3 Å². The maximum atomic E-state index is 12.6. The number of β-amino-alcohol motifs (C(OH)–C–C–N with tert-alkyl or cyclic N) is 2. The fourth-order valence-electron chi connectivity index (χ4n) is 4.73. The van der Waals surface area contributed by atoms with Crippen LogP contribution in [0.15, 0.2) is 18.2 Å². The molecule has 2 heterocycles. The Morgan fingerprint density at radius 1 is 0.971 bits per heavy atom. The number of carbonyl (C=O) groups is 2. The van der Waals surface area contributed by atoms with E-state index in [0.29, 0.717) is 51.3 Å². The Morgan fingerprint density at radius 3 is 2.29 bits per heavy atom. The molecule has 0 aliphatic carbocycles. The van der Waals surface area contributed by atoms with Crippen molar-refractivity contribution in [2.75, 3.05) is 66.1 Å². The van der Waals surface area contributed by atoms with Crippen molar-refractivity contribution in [2.24, 2.45) is 0 Å². The maximum Gasteiger partial charge on any atom is 0.248 e. The number of hydrogen-bond donors (Lipinski definition) is 2. The first kappa shape index (κ1) is 26.4. The third-order valence-electron chi connectivity index (χ3n) is 6.95. The molecule has 9 heteroatoms. The molecule has 1 aromatic carbocycles. The van der Waals surface area contributed by atoms with Crippen LogP contribution in [0.1, 0.15) is 30.9 Å². The van der Waals surface area contributed by atoms with Gasteiger partial charge in [0.1, 0.15) is 24.6 Å². The SMILES string of the molecule is COCC(=O)N1CCN(CC2(O)CCN(C(C)=O)CC2)C[C@@](O)(COc2ccc(C)c(C)c2)C1. The molecule has 34 heavy (non-hydrogen) atoms. The highest BCUT2D eigenvalue weighted by Gasteiger charge is 2.41. The zero-order valence-corrected chi connectivity index (χ0v) is 20.9. The molecular weight excluding hydrogens is 438 g/mol. The number of aliphatic hydroxyl groups is 2. The number of methoxy groups -OCH3 is 1. The van der Waals surface area contributed by atoms with Crippen molar-refractivity contribution in [1.82, 2.24) is 14.7 Å². The van der Waals surface area contributed by atoms with Crippen LogP contribution in [0.4, 0.5) is 0 Å². The van der Waals surface area contributed by atoms with Crippen LogP contribution < -0.4 is 4.74 Å². The van der Waals surface area contributed by atoms with E-state index < -0.39 is 11.2 Å². The molecule has 2 aliphatic heterocycles. The number of nitrogens with zero attached hydrogens (tertiary/aromatic N) is 3. The number of benzene rings is 1. The van der Waals surface area contributed by atoms with Crippen LogP contribution in [0, 0.1) is 13.8 Å². The van der Waals surface area contributed by atoms with Crippen molar-refractivity contribution in [1.29, 1.82) is 0 Å². The Morgan fingerprint density at radius 2 is 1.68 bits per heavy atom. The van der Waals surface area contributed by atoms with E-state index in [9.17, 15) is 19.8 Å². The smallest absolute Gasteiger partial charge is 0.248 e. The molecule has 0 spiro atoms. The molecule has 2 aliphatic rings. The van der Waals surface area contributed by atoms with Gasteiger partial charge >= 0.3 is 0 Å². The number of likely N-dealkylation sites (tertiary alicyclic amines) is 1. The van der Waals surface area contributed by atoms with E-state index in [4.69, 9.17) is 9.47 Å². The Kier molecular flexibility index (Phi) is 8.57. The topological polar surface area (TPSA) is 103 Å². The fourth-order valence-corrected chi connectivity index (χ4v) is 4.73. The molecule has 1 aromatic rings. The van der Waals surface area contributed by atoms with Gasteiger partial charge in [-0.2, -0.15) is 0 Å². The van der Waals surface area contributed by atoms with Gasteiger partial charge in [0.05, 0.1) is 12.1 Å². The number of amides is 2. The molecular formula is C25H39N3O6. The second-order valence-corrected chi connectivity index (χ2v) is 9.95. The summed E-state index contributed by atoms with van der Waals surface area (Å²) in [6.45, 7) is 8.23. The normalized spacial score (nSPS) is 23.5. The van der Waals surface area contributed by atoms with Gasteiger partial charge in [-0.3, -0.25) is 14.5 Å². The Hall–Kier alpha value is -2.20. The molecule has 0 saturated carbocycles. The Labute approximate surface area is 202 Å². The Balaban J connectivity index is 1.72. The van der Waals surface area contributed by atoms with Crippen LogP contribution >= 0.6 is 0 Å². The summed E-state index contributed by atoms with van der Waals surface area (Å²) in [5.74, 6) is 0.488. The lowest BCUT2D eigenvalue weighted by Crippen LogP contribution is -2.56. The summed E-state index contributed by atoms with van der Waals surface area (Å²) in [4.78, 5) is 29.6. The summed E-state index contributed by atoms with van der Waals surface area (Å²) in [5, 5.41) is 22.8. The largest absolute Gasteiger partial charge is 0.490 e. The van der Waals surface area contributed by atoms with Gasteiger partial charge in [-0.15, -0.1) is 0 Å². The quantitative estimate of drug-likeness (QED) is 0.592. The summed E-state index contributed by atoms with van der Waals surface area (Å²) in [6.07, 6.45) is 0.958. The summed E-state index contributed by atoms with van der Waals surface area (Å²) >= 11 is 0. The lowest BCUT2D eigenvalue weighted by Gasteiger charge is -2.41. The van der Waals surface area contributed by atoms with Crippen molar-refractivity contribution >= 4 is 11.8 Å². The lowest BCUT2D eigenvalue weighted by molar-refractivity contribution is -0.139. The number of aryl methyl sites for hydroxylation is 2. The van der Waals surface area contributed by atoms with Crippen LogP contribution in [0.25, 0.3) is 0 Å². The number of ether oxygens (including phenoxy) is 2. The average molecular weight is 478 g/mol. The average Bonchev–Trinajstić information content (AvgIpc) is 2.93. The van der Waals surface area contributed by atoms with Crippen molar-refractivity contribution in [3.63, 3.8) is 0 Å². The van der Waals surface area contributed by atoms with Crippen LogP contribution in [0.2, 0.25) is 0 Å². The molecule has 190 valence electrons. The van der Waals surface area contributed by atoms with E-state index in [0.717, 1.165) is 11.1 Å². The van der Waals surface area contributed by atoms with Gasteiger partial charge in [-0.1, -0.05) is 6.07 Å². The molecule has 2 N–H and O–H groups in total. The van der Waals surface area contributed by atoms with Gasteiger partial charge < -0.3 is 29.5 Å². The highest BCUT2D eigenvalue weighted by molar-refractivity contribution is 5.77. The monoisotopic (exact) mass is 477 g/mol. The summed E-state index contributed by atoms with van der Waals surface area (Å²) in [6, 6.07) is 5.79. The zero-order valence-electron chi connectivity index (χ0n) is 20.9. The van der Waals surface area contributed by atoms with E-state index in [1.807, 2.05) is 36.9 Å². The molecule has 2 amide bonds. The molecule has 0 aromatic heterocycles. The number of rotatable bonds is 7. The molecule has 0 unspecified atom stereocenters. The molecule has 3 rings (SSSR count). The minimum atomic E-state index is -1.32. The van der Waals surface area contributed by atoms with Crippen LogP contribution in [-0.2, 0) is 14.3 Å². The first-order chi connectivity index (χ1) is 16.0. The fraction of sp³-hybridized carbons (Fsp3) is 0.680. The first-order valence-corrected chi connectivity index (χ1v) is 11.9. The molecule has 1 atom stereocenters. The van der Waals surface area contributed by atoms with Gasteiger partial charge in [0.15, 0.2) is 0 Å². The molecule has 0 radical (unpaired) electrons. The van der Waals surface area contributed by atoms with E-state index in [2.05, 4.69) is 0 Å². The van der Waals surface area contributed by atoms with Gasteiger partial charge in [-0.25, -0.2) is 0 Å². The van der Waals surface area contributed by atoms with Crippen molar-refractivity contribution in [3.05, 3.63) is 29.3 Å². The zero-order chi connectivity index (χ0) is 24.9. The van der Waals surface area contributed by atoms with Gasteiger partial charge in [-0.05, 0) is 49.9 Å². The maximum absolute atomic E-state index is 12.6. The number of hydrogen-bond acceptors (Lipinski definition) is 7. The van der Waals surface area contributed by atoms with Crippen LogP contribution in [-0.4, -0.2) is 114 Å². The standard InChI is InChI=1S/C25H39N3O6/c1-19-5-6-22(13-20(19)2)34-18-25(32)16-26(11-12-28(17-25)23(30)14-33-4)15-24(31)7-9-27(10-8-24)21(3)29/h5-6,13,31-32H,7-12,14-18H2,1-4H3/t25-/m0/s1. The molecule has 2 saturated heterocycles. The lowest BCUT2D eigenvalue weighted by atomic mass is 9.90. The highest BCUT2D eigenvalue weighted by atomic mass is 16.5. The highest BCUT2D eigenvalue weighted by Crippen LogP contribution is 2.26. The minimum Gasteiger partial charge on any atom is -0.490 e. The minimum absolute atomic E-state index is 0.0132. The Bertz CT molecular complexity index is 870. The predicted octanol–water partition coefficient (Wildman–Crippen LogP) is 0.577. The first-order valence-electron chi connectivity index (χ1n) is 11.9. The van der Waals surface area contributed by atoms with Crippen molar-refractivity contribution < 1.29 is 29.3 Å². The number of piperidine rings is 1. The second kappa shape index (κ2) is 11.0. The third-order valence-corrected chi connectivity index (χ3v) is 6.95.